The summed E-state index contributed by atoms with van der Waals surface area (Å²) >= 11 is 0. The molecule has 1 fully saturated rings. The number of anilines is 1. The largest absolute Gasteiger partial charge is 0.483 e. The third-order valence-corrected chi connectivity index (χ3v) is 4.57. The van der Waals surface area contributed by atoms with Crippen molar-refractivity contribution in [2.24, 2.45) is 4.99 Å². The molecule has 3 aliphatic rings. The second-order valence-electron chi connectivity index (χ2n) is 6.48. The van der Waals surface area contributed by atoms with Crippen molar-refractivity contribution < 1.29 is 9.53 Å². The Kier molecular flexibility index (Phi) is 2.82. The van der Waals surface area contributed by atoms with Crippen LogP contribution in [0.25, 0.3) is 0 Å². The summed E-state index contributed by atoms with van der Waals surface area (Å²) in [4.78, 5) is 21.0. The van der Waals surface area contributed by atoms with E-state index in [1.54, 1.807) is 0 Å². The van der Waals surface area contributed by atoms with Crippen LogP contribution in [0, 0.1) is 0 Å². The van der Waals surface area contributed by atoms with E-state index in [0.29, 0.717) is 13.1 Å². The maximum atomic E-state index is 12.9. The molecule has 116 valence electrons. The van der Waals surface area contributed by atoms with Gasteiger partial charge in [0.1, 0.15) is 17.2 Å². The molecule has 0 aromatic heterocycles. The molecular weight excluding hydrogens is 280 g/mol. The maximum absolute atomic E-state index is 12.9. The van der Waals surface area contributed by atoms with Gasteiger partial charge in [-0.1, -0.05) is 12.1 Å². The van der Waals surface area contributed by atoms with Crippen molar-refractivity contribution >= 4 is 17.6 Å². The van der Waals surface area contributed by atoms with Gasteiger partial charge in [0, 0.05) is 13.1 Å². The van der Waals surface area contributed by atoms with E-state index in [1.165, 1.54) is 0 Å². The molecule has 1 N–H and O–H groups in total. The molecule has 0 bridgehead atoms. The number of carbonyl (C=O) groups is 1. The number of para-hydroxylation sites is 2. The van der Waals surface area contributed by atoms with Gasteiger partial charge in [0.2, 0.25) is 0 Å². The van der Waals surface area contributed by atoms with Gasteiger partial charge in [-0.15, -0.1) is 0 Å². The summed E-state index contributed by atoms with van der Waals surface area (Å²) in [5, 5.41) is 3.23. The first kappa shape index (κ1) is 13.4. The SMILES string of the molecule is CC1(C)Oc2ccccc2N2C(=O)N(CC3=NCCN3)CC21. The minimum Gasteiger partial charge on any atom is -0.483 e. The summed E-state index contributed by atoms with van der Waals surface area (Å²) in [6.45, 7) is 6.94. The second-order valence-corrected chi connectivity index (χ2v) is 6.48. The molecule has 3 heterocycles. The van der Waals surface area contributed by atoms with E-state index in [1.807, 2.05) is 47.9 Å². The smallest absolute Gasteiger partial charge is 0.325 e. The third kappa shape index (κ3) is 1.94. The van der Waals surface area contributed by atoms with Gasteiger partial charge in [0.05, 0.1) is 24.8 Å². The molecule has 1 aromatic rings. The normalized spacial score (nSPS) is 25.3. The van der Waals surface area contributed by atoms with Crippen molar-refractivity contribution in [3.63, 3.8) is 0 Å². The highest BCUT2D eigenvalue weighted by Crippen LogP contribution is 2.43. The van der Waals surface area contributed by atoms with Crippen LogP contribution < -0.4 is 15.0 Å². The highest BCUT2D eigenvalue weighted by molar-refractivity contribution is 6.00. The molecule has 6 nitrogen and oxygen atoms in total. The van der Waals surface area contributed by atoms with Gasteiger partial charge in [0.15, 0.2) is 0 Å². The van der Waals surface area contributed by atoms with Crippen LogP contribution in [-0.2, 0) is 0 Å². The van der Waals surface area contributed by atoms with Crippen LogP contribution in [-0.4, -0.2) is 54.6 Å². The number of fused-ring (bicyclic) bond motifs is 3. The van der Waals surface area contributed by atoms with E-state index >= 15 is 0 Å². The zero-order valence-corrected chi connectivity index (χ0v) is 12.9. The Morgan fingerprint density at radius 2 is 2.23 bits per heavy atom. The van der Waals surface area contributed by atoms with Gasteiger partial charge < -0.3 is 15.0 Å². The van der Waals surface area contributed by atoms with Crippen LogP contribution in [0.15, 0.2) is 29.3 Å². The molecule has 1 atom stereocenters. The number of hydrogen-bond donors (Lipinski definition) is 1. The van der Waals surface area contributed by atoms with E-state index in [2.05, 4.69) is 10.3 Å². The van der Waals surface area contributed by atoms with Crippen molar-refractivity contribution in [2.75, 3.05) is 31.1 Å². The van der Waals surface area contributed by atoms with E-state index in [4.69, 9.17) is 4.74 Å². The van der Waals surface area contributed by atoms with E-state index in [-0.39, 0.29) is 12.1 Å². The molecule has 0 radical (unpaired) electrons. The molecule has 6 heteroatoms. The molecule has 0 aliphatic carbocycles. The summed E-state index contributed by atoms with van der Waals surface area (Å²) < 4.78 is 6.13. The van der Waals surface area contributed by atoms with Crippen molar-refractivity contribution in [3.05, 3.63) is 24.3 Å². The average Bonchev–Trinajstić information content (AvgIpc) is 3.09. The summed E-state index contributed by atoms with van der Waals surface area (Å²) in [6.07, 6.45) is 0. The summed E-state index contributed by atoms with van der Waals surface area (Å²) in [7, 11) is 0. The molecule has 1 saturated heterocycles. The van der Waals surface area contributed by atoms with Gasteiger partial charge in [0.25, 0.3) is 0 Å². The predicted molar refractivity (Wildman–Crippen MR) is 84.7 cm³/mol. The van der Waals surface area contributed by atoms with Crippen LogP contribution >= 0.6 is 0 Å². The fraction of sp³-hybridized carbons (Fsp3) is 0.500. The van der Waals surface area contributed by atoms with Crippen molar-refractivity contribution in [1.82, 2.24) is 10.2 Å². The molecule has 3 aliphatic heterocycles. The fourth-order valence-corrected chi connectivity index (χ4v) is 3.42. The van der Waals surface area contributed by atoms with Crippen molar-refractivity contribution in [1.29, 1.82) is 0 Å². The fourth-order valence-electron chi connectivity index (χ4n) is 3.42. The Labute approximate surface area is 129 Å². The summed E-state index contributed by atoms with van der Waals surface area (Å²) in [6, 6.07) is 7.79. The summed E-state index contributed by atoms with van der Waals surface area (Å²) in [5.74, 6) is 1.68. The lowest BCUT2D eigenvalue weighted by Gasteiger charge is -2.42. The van der Waals surface area contributed by atoms with Gasteiger partial charge in [-0.05, 0) is 26.0 Å². The Hall–Kier alpha value is -2.24. The van der Waals surface area contributed by atoms with E-state index in [0.717, 1.165) is 30.4 Å². The molecule has 1 aromatic carbocycles. The zero-order valence-electron chi connectivity index (χ0n) is 12.9. The van der Waals surface area contributed by atoms with Crippen LogP contribution in [0.4, 0.5) is 10.5 Å². The number of hydrogen-bond acceptors (Lipinski definition) is 4. The third-order valence-electron chi connectivity index (χ3n) is 4.57. The van der Waals surface area contributed by atoms with Crippen LogP contribution in [0.2, 0.25) is 0 Å². The monoisotopic (exact) mass is 300 g/mol. The predicted octanol–water partition coefficient (Wildman–Crippen LogP) is 1.47. The number of rotatable bonds is 2. The van der Waals surface area contributed by atoms with Crippen molar-refractivity contribution in [3.8, 4) is 5.75 Å². The first-order valence-corrected chi connectivity index (χ1v) is 7.70. The standard InChI is InChI=1S/C16H20N4O2/c1-16(2)13-9-19(10-14-17-7-8-18-14)15(21)20(13)11-5-3-4-6-12(11)22-16/h3-6,13H,7-10H2,1-2H3,(H,17,18). The Balaban J connectivity index is 1.68. The summed E-state index contributed by atoms with van der Waals surface area (Å²) in [5.41, 5.74) is 0.449. The quantitative estimate of drug-likeness (QED) is 0.900. The van der Waals surface area contributed by atoms with Gasteiger partial charge in [-0.25, -0.2) is 4.79 Å². The van der Waals surface area contributed by atoms with E-state index in [9.17, 15) is 4.79 Å². The minimum atomic E-state index is -0.413. The lowest BCUT2D eigenvalue weighted by molar-refractivity contribution is 0.0712. The molecule has 22 heavy (non-hydrogen) atoms. The number of amides is 2. The number of nitrogens with one attached hydrogen (secondary N) is 1. The average molecular weight is 300 g/mol. The molecule has 2 amide bonds. The van der Waals surface area contributed by atoms with Gasteiger partial charge in [-0.2, -0.15) is 0 Å². The Morgan fingerprint density at radius 3 is 3.00 bits per heavy atom. The second kappa shape index (κ2) is 4.63. The van der Waals surface area contributed by atoms with Gasteiger partial charge in [-0.3, -0.25) is 9.89 Å². The number of ether oxygens (including phenoxy) is 1. The first-order valence-electron chi connectivity index (χ1n) is 7.70. The van der Waals surface area contributed by atoms with Crippen molar-refractivity contribution in [2.45, 2.75) is 25.5 Å². The molecular formula is C16H20N4O2. The lowest BCUT2D eigenvalue weighted by Crippen LogP contribution is -2.55. The zero-order chi connectivity index (χ0) is 15.3. The Morgan fingerprint density at radius 1 is 1.41 bits per heavy atom. The highest BCUT2D eigenvalue weighted by Gasteiger charge is 2.51. The van der Waals surface area contributed by atoms with Crippen LogP contribution in [0.5, 0.6) is 5.75 Å². The number of benzene rings is 1. The molecule has 0 saturated carbocycles. The topological polar surface area (TPSA) is 57.2 Å². The maximum Gasteiger partial charge on any atom is 0.325 e. The van der Waals surface area contributed by atoms with Crippen LogP contribution in [0.1, 0.15) is 13.8 Å². The number of aliphatic imine (C=N–C) groups is 1. The highest BCUT2D eigenvalue weighted by atomic mass is 16.5. The molecule has 0 spiro atoms. The molecule has 4 rings (SSSR count). The number of amidine groups is 1. The molecule has 1 unspecified atom stereocenters. The van der Waals surface area contributed by atoms with E-state index < -0.39 is 5.60 Å². The Bertz CT molecular complexity index is 655. The first-order chi connectivity index (χ1) is 10.6. The van der Waals surface area contributed by atoms with Crippen LogP contribution in [0.3, 0.4) is 0 Å². The minimum absolute atomic E-state index is 0.0110. The number of carbonyl (C=O) groups excluding carboxylic acids is 1. The lowest BCUT2D eigenvalue weighted by atomic mass is 9.95. The number of urea groups is 1. The van der Waals surface area contributed by atoms with Gasteiger partial charge >= 0.3 is 6.03 Å². The number of nitrogens with zero attached hydrogens (tertiary/aromatic N) is 3.